The van der Waals surface area contributed by atoms with Gasteiger partial charge in [-0.1, -0.05) is 44.2 Å². The lowest BCUT2D eigenvalue weighted by molar-refractivity contribution is 0.688. The molecule has 35 heavy (non-hydrogen) atoms. The standard InChI is InChI=1S/C31H40N4/c1-19-15-23(5)29(24(6)16-19)34-13-14-35(30-25(7)17-20(2)18-26(30)8)31(34)33-27(9)32-28-21(3)11-10-12-22(28)4/h10-15,17,19-20H,16,18H2,1-9H3. The number of aryl methyl sites for hydroxylation is 2. The van der Waals surface area contributed by atoms with E-state index in [4.69, 9.17) is 9.98 Å². The molecule has 0 spiro atoms. The topological polar surface area (TPSA) is 34.6 Å². The van der Waals surface area contributed by atoms with E-state index < -0.39 is 0 Å². The molecular weight excluding hydrogens is 428 g/mol. The molecule has 0 aliphatic heterocycles. The van der Waals surface area contributed by atoms with Crippen LogP contribution in [0.4, 0.5) is 5.69 Å². The minimum atomic E-state index is 0.559. The number of aromatic nitrogens is 2. The molecule has 1 aromatic carbocycles. The van der Waals surface area contributed by atoms with Crippen LogP contribution in [0.5, 0.6) is 0 Å². The van der Waals surface area contributed by atoms with Crippen molar-refractivity contribution in [2.24, 2.45) is 21.8 Å². The summed E-state index contributed by atoms with van der Waals surface area (Å²) in [7, 11) is 0. The van der Waals surface area contributed by atoms with Crippen molar-refractivity contribution in [2.75, 3.05) is 0 Å². The molecule has 2 aliphatic carbocycles. The molecule has 1 heterocycles. The van der Waals surface area contributed by atoms with E-state index in [1.165, 1.54) is 44.8 Å². The molecule has 4 heteroatoms. The van der Waals surface area contributed by atoms with Crippen molar-refractivity contribution in [3.05, 3.63) is 81.8 Å². The van der Waals surface area contributed by atoms with Gasteiger partial charge in [-0.2, -0.15) is 4.99 Å². The van der Waals surface area contributed by atoms with E-state index in [1.54, 1.807) is 0 Å². The van der Waals surface area contributed by atoms with E-state index in [0.29, 0.717) is 11.8 Å². The number of benzene rings is 1. The molecule has 0 fully saturated rings. The first kappa shape index (κ1) is 25.0. The fourth-order valence-electron chi connectivity index (χ4n) is 5.91. The smallest absolute Gasteiger partial charge is 0.220 e. The maximum Gasteiger partial charge on any atom is 0.220 e. The van der Waals surface area contributed by atoms with Crippen LogP contribution < -0.4 is 5.62 Å². The van der Waals surface area contributed by atoms with Crippen LogP contribution in [-0.4, -0.2) is 15.0 Å². The van der Waals surface area contributed by atoms with Crippen LogP contribution in [0.1, 0.15) is 72.4 Å². The summed E-state index contributed by atoms with van der Waals surface area (Å²) in [6.07, 6.45) is 11.2. The third-order valence-electron chi connectivity index (χ3n) is 7.13. The number of nitrogens with zero attached hydrogens (tertiary/aromatic N) is 4. The van der Waals surface area contributed by atoms with Gasteiger partial charge in [-0.05, 0) is 107 Å². The summed E-state index contributed by atoms with van der Waals surface area (Å²) >= 11 is 0. The molecule has 4 nitrogen and oxygen atoms in total. The minimum absolute atomic E-state index is 0.559. The highest BCUT2D eigenvalue weighted by molar-refractivity contribution is 5.84. The molecule has 0 radical (unpaired) electrons. The van der Waals surface area contributed by atoms with E-state index in [-0.39, 0.29) is 0 Å². The molecule has 184 valence electrons. The Kier molecular flexibility index (Phi) is 7.02. The first-order chi connectivity index (χ1) is 16.6. The second-order valence-corrected chi connectivity index (χ2v) is 10.7. The molecule has 4 rings (SSSR count). The van der Waals surface area contributed by atoms with Crippen molar-refractivity contribution in [3.63, 3.8) is 0 Å². The number of amidine groups is 1. The lowest BCUT2D eigenvalue weighted by Crippen LogP contribution is -2.29. The Bertz CT molecular complexity index is 1290. The average Bonchev–Trinajstić information content (AvgIpc) is 3.12. The van der Waals surface area contributed by atoms with E-state index in [2.05, 4.69) is 107 Å². The zero-order chi connectivity index (χ0) is 25.4. The first-order valence-corrected chi connectivity index (χ1v) is 12.8. The number of hydrogen-bond acceptors (Lipinski definition) is 1. The Morgan fingerprint density at radius 2 is 1.23 bits per heavy atom. The third kappa shape index (κ3) is 4.98. The van der Waals surface area contributed by atoms with Gasteiger partial charge in [-0.3, -0.25) is 9.13 Å². The summed E-state index contributed by atoms with van der Waals surface area (Å²) in [4.78, 5) is 10.1. The first-order valence-electron chi connectivity index (χ1n) is 12.8. The summed E-state index contributed by atoms with van der Waals surface area (Å²) in [5.74, 6) is 1.87. The second-order valence-electron chi connectivity index (χ2n) is 10.7. The second kappa shape index (κ2) is 9.85. The van der Waals surface area contributed by atoms with Crippen LogP contribution in [0, 0.1) is 25.7 Å². The molecule has 0 N–H and O–H groups in total. The van der Waals surface area contributed by atoms with Crippen molar-refractivity contribution in [1.29, 1.82) is 0 Å². The Morgan fingerprint density at radius 1 is 0.771 bits per heavy atom. The number of imidazole rings is 1. The van der Waals surface area contributed by atoms with E-state index in [9.17, 15) is 0 Å². The fraction of sp³-hybridized carbons (Fsp3) is 0.419. The largest absolute Gasteiger partial charge is 0.285 e. The van der Waals surface area contributed by atoms with Crippen LogP contribution >= 0.6 is 0 Å². The number of hydrogen-bond donors (Lipinski definition) is 0. The van der Waals surface area contributed by atoms with Gasteiger partial charge in [0.05, 0.1) is 17.1 Å². The van der Waals surface area contributed by atoms with Crippen LogP contribution in [0.25, 0.3) is 11.4 Å². The SMILES string of the molecule is CC1=CC(C)CC(C)=C1n1ccn(C2=C(C)CC(C)C=C2C)c1=NC(C)=Nc1c(C)cccc1C. The fourth-order valence-corrected chi connectivity index (χ4v) is 5.91. The molecule has 0 bridgehead atoms. The lowest BCUT2D eigenvalue weighted by Gasteiger charge is -2.24. The number of aliphatic imine (C=N–C) groups is 1. The van der Waals surface area contributed by atoms with Gasteiger partial charge in [0.25, 0.3) is 0 Å². The zero-order valence-electron chi connectivity index (χ0n) is 22.9. The van der Waals surface area contributed by atoms with Gasteiger partial charge in [0.2, 0.25) is 5.62 Å². The summed E-state index contributed by atoms with van der Waals surface area (Å²) < 4.78 is 4.53. The van der Waals surface area contributed by atoms with E-state index in [1.807, 2.05) is 6.92 Å². The molecule has 0 saturated carbocycles. The summed E-state index contributed by atoms with van der Waals surface area (Å²) in [5, 5.41) is 0. The summed E-state index contributed by atoms with van der Waals surface area (Å²) in [6, 6.07) is 6.30. The predicted molar refractivity (Wildman–Crippen MR) is 150 cm³/mol. The molecular formula is C31H40N4. The minimum Gasteiger partial charge on any atom is -0.285 e. The maximum absolute atomic E-state index is 5.18. The maximum atomic E-state index is 5.18. The van der Waals surface area contributed by atoms with Gasteiger partial charge in [0, 0.05) is 12.4 Å². The van der Waals surface area contributed by atoms with Gasteiger partial charge in [0.15, 0.2) is 0 Å². The Labute approximate surface area is 210 Å². The van der Waals surface area contributed by atoms with Gasteiger partial charge in [0.1, 0.15) is 5.84 Å². The zero-order valence-corrected chi connectivity index (χ0v) is 22.9. The van der Waals surface area contributed by atoms with Gasteiger partial charge in [-0.25, -0.2) is 4.99 Å². The molecule has 0 amide bonds. The normalized spacial score (nSPS) is 21.3. The molecule has 1 aromatic heterocycles. The molecule has 2 aromatic rings. The Morgan fingerprint density at radius 3 is 1.66 bits per heavy atom. The summed E-state index contributed by atoms with van der Waals surface area (Å²) in [5.41, 5.74) is 12.2. The van der Waals surface area contributed by atoms with Crippen molar-refractivity contribution in [3.8, 4) is 0 Å². The number of para-hydroxylation sites is 1. The molecule has 2 aliphatic rings. The van der Waals surface area contributed by atoms with Crippen LogP contribution in [0.15, 0.2) is 75.0 Å². The average molecular weight is 469 g/mol. The monoisotopic (exact) mass is 468 g/mol. The highest BCUT2D eigenvalue weighted by Crippen LogP contribution is 2.33. The Hall–Kier alpha value is -3.14. The molecule has 2 atom stereocenters. The van der Waals surface area contributed by atoms with Gasteiger partial charge >= 0.3 is 0 Å². The third-order valence-corrected chi connectivity index (χ3v) is 7.13. The number of rotatable bonds is 3. The predicted octanol–water partition coefficient (Wildman–Crippen LogP) is 7.99. The van der Waals surface area contributed by atoms with E-state index >= 15 is 0 Å². The van der Waals surface area contributed by atoms with Crippen LogP contribution in [0.2, 0.25) is 0 Å². The summed E-state index contributed by atoms with van der Waals surface area (Å²) in [6.45, 7) is 19.8. The van der Waals surface area contributed by atoms with Crippen molar-refractivity contribution in [1.82, 2.24) is 9.13 Å². The van der Waals surface area contributed by atoms with E-state index in [0.717, 1.165) is 30.0 Å². The molecule has 2 unspecified atom stereocenters. The van der Waals surface area contributed by atoms with Crippen molar-refractivity contribution in [2.45, 2.75) is 75.2 Å². The van der Waals surface area contributed by atoms with Crippen molar-refractivity contribution < 1.29 is 0 Å². The van der Waals surface area contributed by atoms with Crippen LogP contribution in [0.3, 0.4) is 0 Å². The Balaban J connectivity index is 1.97. The molecule has 0 saturated heterocycles. The van der Waals surface area contributed by atoms with Crippen molar-refractivity contribution >= 4 is 22.9 Å². The van der Waals surface area contributed by atoms with Crippen LogP contribution in [-0.2, 0) is 0 Å². The quantitative estimate of drug-likeness (QED) is 0.323. The lowest BCUT2D eigenvalue weighted by atomic mass is 9.90. The highest BCUT2D eigenvalue weighted by Gasteiger charge is 2.22. The highest BCUT2D eigenvalue weighted by atomic mass is 15.2. The van der Waals surface area contributed by atoms with Gasteiger partial charge < -0.3 is 0 Å². The number of allylic oxidation sites excluding steroid dienone is 8. The van der Waals surface area contributed by atoms with Gasteiger partial charge in [-0.15, -0.1) is 0 Å².